The largest absolute Gasteiger partial charge is 0.444 e. The molecule has 6 heterocycles. The molecule has 3 N–H and O–H groups in total. The first-order valence-corrected chi connectivity index (χ1v) is 24.6. The maximum atomic E-state index is 14.2. The third-order valence-electron chi connectivity index (χ3n) is 15.0. The van der Waals surface area contributed by atoms with Crippen LogP contribution in [0.4, 0.5) is 20.3 Å². The number of hydrogen-bond donors (Lipinski definition) is 3. The number of carbonyl (C=O) groups is 3. The predicted molar refractivity (Wildman–Crippen MR) is 253 cm³/mol. The van der Waals surface area contributed by atoms with E-state index in [1.165, 1.54) is 29.9 Å². The van der Waals surface area contributed by atoms with Crippen molar-refractivity contribution in [1.29, 1.82) is 0 Å². The van der Waals surface area contributed by atoms with Gasteiger partial charge in [0.2, 0.25) is 17.7 Å². The molecule has 0 spiro atoms. The Morgan fingerprint density at radius 2 is 1.74 bits per heavy atom. The van der Waals surface area contributed by atoms with Gasteiger partial charge in [-0.15, -0.1) is 0 Å². The molecule has 4 aromatic heterocycles. The minimum atomic E-state index is -2.86. The van der Waals surface area contributed by atoms with E-state index in [9.17, 15) is 28.0 Å². The zero-order valence-corrected chi connectivity index (χ0v) is 39.3. The topological polar surface area (TPSA) is 190 Å². The number of oxazole rings is 1. The lowest BCUT2D eigenvalue weighted by atomic mass is 9.83. The van der Waals surface area contributed by atoms with Crippen LogP contribution in [-0.2, 0) is 27.9 Å². The molecule has 2 aliphatic heterocycles. The average molecular weight is 953 g/mol. The summed E-state index contributed by atoms with van der Waals surface area (Å²) in [5, 5.41) is 12.6. The van der Waals surface area contributed by atoms with Crippen LogP contribution < -0.4 is 21.6 Å². The fourth-order valence-corrected chi connectivity index (χ4v) is 10.5. The van der Waals surface area contributed by atoms with E-state index >= 15 is 0 Å². The zero-order valence-electron chi connectivity index (χ0n) is 39.3. The van der Waals surface area contributed by atoms with Crippen LogP contribution >= 0.6 is 0 Å². The van der Waals surface area contributed by atoms with Gasteiger partial charge in [0, 0.05) is 89.8 Å². The Kier molecular flexibility index (Phi) is 13.8. The number of fused-ring (bicyclic) bond motifs is 1. The molecule has 3 saturated carbocycles. The van der Waals surface area contributed by atoms with Gasteiger partial charge in [-0.1, -0.05) is 6.07 Å². The molecule has 1 unspecified atom stereocenters. The number of aromatic nitrogens is 6. The summed E-state index contributed by atoms with van der Waals surface area (Å²) in [5.41, 5.74) is 2.47. The van der Waals surface area contributed by atoms with Crippen molar-refractivity contribution >= 4 is 40.3 Å². The van der Waals surface area contributed by atoms with Gasteiger partial charge in [0.25, 0.3) is 12.3 Å². The van der Waals surface area contributed by atoms with Crippen LogP contribution in [0.3, 0.4) is 0 Å². The number of amides is 3. The number of piperazine rings is 1. The van der Waals surface area contributed by atoms with Crippen LogP contribution in [0.15, 0.2) is 58.2 Å². The first-order valence-electron chi connectivity index (χ1n) is 24.6. The third kappa shape index (κ3) is 10.7. The number of piperidine rings is 1. The summed E-state index contributed by atoms with van der Waals surface area (Å²) >= 11 is 0. The highest BCUT2D eigenvalue weighted by atomic mass is 19.3. The van der Waals surface area contributed by atoms with E-state index in [1.807, 2.05) is 24.3 Å². The third-order valence-corrected chi connectivity index (χ3v) is 15.0. The number of pyridine rings is 1. The number of alkyl halides is 2. The Hall–Kier alpha value is -5.83. The van der Waals surface area contributed by atoms with E-state index in [2.05, 4.69) is 52.8 Å². The van der Waals surface area contributed by atoms with Crippen LogP contribution in [0.2, 0.25) is 0 Å². The van der Waals surface area contributed by atoms with Crippen molar-refractivity contribution in [3.05, 3.63) is 76.4 Å². The van der Waals surface area contributed by atoms with E-state index in [-0.39, 0.29) is 47.4 Å². The molecule has 368 valence electrons. The molecule has 20 heteroatoms. The summed E-state index contributed by atoms with van der Waals surface area (Å²) in [4.78, 5) is 66.7. The molecule has 2 saturated heterocycles. The van der Waals surface area contributed by atoms with Crippen molar-refractivity contribution in [1.82, 2.24) is 48.9 Å². The van der Waals surface area contributed by atoms with E-state index in [1.54, 1.807) is 28.6 Å². The van der Waals surface area contributed by atoms with Crippen molar-refractivity contribution in [3.63, 3.8) is 0 Å². The number of anilines is 2. The molecule has 5 fully saturated rings. The second-order valence-corrected chi connectivity index (χ2v) is 19.8. The number of halogens is 2. The molecular weight excluding hydrogens is 891 g/mol. The zero-order chi connectivity index (χ0) is 47.8. The quantitative estimate of drug-likeness (QED) is 0.0922. The highest BCUT2D eigenvalue weighted by Crippen LogP contribution is 2.37. The number of nitrogens with zero attached hydrogens (tertiary/aromatic N) is 9. The molecule has 1 atom stereocenters. The molecule has 69 heavy (non-hydrogen) atoms. The number of imidazole rings is 1. The summed E-state index contributed by atoms with van der Waals surface area (Å²) in [6.45, 7) is 7.98. The minimum Gasteiger partial charge on any atom is -0.444 e. The van der Waals surface area contributed by atoms with Crippen LogP contribution in [0.1, 0.15) is 104 Å². The second kappa shape index (κ2) is 20.3. The minimum absolute atomic E-state index is 0.0217. The van der Waals surface area contributed by atoms with E-state index in [4.69, 9.17) is 9.15 Å². The van der Waals surface area contributed by atoms with E-state index in [0.29, 0.717) is 47.8 Å². The van der Waals surface area contributed by atoms with Gasteiger partial charge in [0.1, 0.15) is 18.1 Å². The lowest BCUT2D eigenvalue weighted by molar-refractivity contribution is -0.135. The van der Waals surface area contributed by atoms with Crippen molar-refractivity contribution in [2.24, 2.45) is 18.9 Å². The van der Waals surface area contributed by atoms with Crippen LogP contribution in [0.5, 0.6) is 0 Å². The molecule has 5 aromatic rings. The predicted octanol–water partition coefficient (Wildman–Crippen LogP) is 5.60. The number of carbonyl (C=O) groups excluding carboxylic acids is 3. The average Bonchev–Trinajstić information content (AvgIpc) is 3.74. The molecule has 1 aromatic carbocycles. The Bertz CT molecular complexity index is 2710. The van der Waals surface area contributed by atoms with Crippen molar-refractivity contribution < 1.29 is 32.3 Å². The van der Waals surface area contributed by atoms with Gasteiger partial charge < -0.3 is 24.7 Å². The lowest BCUT2D eigenvalue weighted by Gasteiger charge is -2.43. The normalized spacial score (nSPS) is 23.7. The number of aryl methyl sites for hydroxylation is 1. The monoisotopic (exact) mass is 952 g/mol. The first-order chi connectivity index (χ1) is 33.4. The number of ether oxygens (including phenoxy) is 1. The highest BCUT2D eigenvalue weighted by molar-refractivity contribution is 6.03. The molecular formula is C49H62F2N12O6. The molecule has 5 aliphatic rings. The van der Waals surface area contributed by atoms with Crippen molar-refractivity contribution in [3.8, 4) is 11.5 Å². The maximum absolute atomic E-state index is 14.2. The van der Waals surface area contributed by atoms with Crippen LogP contribution in [0.25, 0.3) is 22.5 Å². The Morgan fingerprint density at radius 3 is 2.49 bits per heavy atom. The highest BCUT2D eigenvalue weighted by Gasteiger charge is 2.36. The fraction of sp³-hybridized carbons (Fsp3) is 0.571. The molecule has 18 nitrogen and oxygen atoms in total. The van der Waals surface area contributed by atoms with Gasteiger partial charge in [-0.05, 0) is 106 Å². The summed E-state index contributed by atoms with van der Waals surface area (Å²) in [6, 6.07) is 9.29. The molecule has 3 amide bonds. The number of nitrogens with one attached hydrogen (secondary N) is 3. The first kappa shape index (κ1) is 46.9. The number of rotatable bonds is 18. The Morgan fingerprint density at radius 1 is 0.971 bits per heavy atom. The number of imide groups is 1. The second-order valence-electron chi connectivity index (χ2n) is 19.8. The lowest BCUT2D eigenvalue weighted by Crippen LogP contribution is -2.49. The number of hydrogen-bond acceptors (Lipinski definition) is 13. The maximum Gasteiger partial charge on any atom is 0.329 e. The van der Waals surface area contributed by atoms with Crippen LogP contribution in [-0.4, -0.2) is 133 Å². The summed E-state index contributed by atoms with van der Waals surface area (Å²) in [7, 11) is 3.92. The summed E-state index contributed by atoms with van der Waals surface area (Å²) in [6.07, 6.45) is 10.4. The van der Waals surface area contributed by atoms with Gasteiger partial charge >= 0.3 is 5.69 Å². The fourth-order valence-electron chi connectivity index (χ4n) is 10.5. The summed E-state index contributed by atoms with van der Waals surface area (Å²) < 4.78 is 45.0. The van der Waals surface area contributed by atoms with Gasteiger partial charge in [0.15, 0.2) is 11.4 Å². The smallest absolute Gasteiger partial charge is 0.329 e. The Balaban J connectivity index is 0.621. The van der Waals surface area contributed by atoms with Crippen molar-refractivity contribution in [2.45, 2.75) is 101 Å². The van der Waals surface area contributed by atoms with Crippen molar-refractivity contribution in [2.75, 3.05) is 70.1 Å². The Labute approximate surface area is 398 Å². The molecule has 0 bridgehead atoms. The van der Waals surface area contributed by atoms with E-state index in [0.717, 1.165) is 102 Å². The SMILES string of the molecule is Cn1c(=O)n(C2CCC(=O)NC2=O)c2ccc(CN3CCN(CCO[C@H]4C[C@H](N(C)C[C@H]5CC[C@H](n6cc(NC(=O)c7coc(-c8ccnc(NCC9CC9)c8)n7)c(C(F)F)n6)CC5)C4)CC3)cc21. The molecule has 10 rings (SSSR count). The van der Waals surface area contributed by atoms with Gasteiger partial charge in [-0.3, -0.25) is 43.3 Å². The standard InChI is InChI=1S/C49H62F2N12O6/c1-58(35-23-36(24-35)68-20-19-60-15-17-61(18-16-60)27-32-7-10-39-41(21-32)59(2)49(67)63(39)40-11-12-43(64)56-47(40)66)26-31-5-8-34(9-6-31)62-28-37(44(57-62)45(50)51)54-46(65)38-29-69-48(55-38)33-13-14-52-42(22-33)53-25-30-3-4-30/h7,10,13-14,21-22,28-31,34-36,40,45H,3-6,8-9,11-12,15-20,23-27H2,1-2H3,(H,52,53)(H,54,65)(H,56,64,66)/t31-,34-,35-,36-,40?. The molecule has 0 radical (unpaired) electrons. The van der Waals surface area contributed by atoms with Gasteiger partial charge in [0.05, 0.1) is 35.5 Å². The molecule has 3 aliphatic carbocycles. The van der Waals surface area contributed by atoms with E-state index < -0.39 is 30.0 Å². The summed E-state index contributed by atoms with van der Waals surface area (Å²) in [5.74, 6) is 0.719. The van der Waals surface area contributed by atoms with Crippen LogP contribution in [0, 0.1) is 11.8 Å². The van der Waals surface area contributed by atoms with Gasteiger partial charge in [-0.25, -0.2) is 23.5 Å². The van der Waals surface area contributed by atoms with Gasteiger partial charge in [-0.2, -0.15) is 5.10 Å². The number of benzene rings is 1.